The Bertz CT molecular complexity index is 1460. The Hall–Kier alpha value is -3.95. The number of aryl methyl sites for hydroxylation is 1. The number of rotatable bonds is 5. The van der Waals surface area contributed by atoms with Gasteiger partial charge in [0.05, 0.1) is 12.2 Å². The molecule has 5 rings (SSSR count). The molecule has 3 heterocycles. The molecule has 0 radical (unpaired) electrons. The van der Waals surface area contributed by atoms with E-state index in [1.807, 2.05) is 6.07 Å². The summed E-state index contributed by atoms with van der Waals surface area (Å²) >= 11 is 0. The van der Waals surface area contributed by atoms with Crippen molar-refractivity contribution in [2.45, 2.75) is 32.4 Å². The van der Waals surface area contributed by atoms with E-state index in [0.717, 1.165) is 18.4 Å². The fraction of sp³-hybridized carbons (Fsp3) is 0.238. The molecule has 0 aliphatic heterocycles. The molecule has 158 valence electrons. The second kappa shape index (κ2) is 7.38. The maximum atomic E-state index is 13.5. The van der Waals surface area contributed by atoms with Crippen LogP contribution in [0.5, 0.6) is 5.88 Å². The number of nitrogens with one attached hydrogen (secondary N) is 3. The molecule has 1 aromatic carbocycles. The second-order valence-electron chi connectivity index (χ2n) is 7.62. The number of hydrogen-bond acceptors (Lipinski definition) is 6. The van der Waals surface area contributed by atoms with Crippen LogP contribution in [0.1, 0.15) is 29.7 Å². The smallest absolute Gasteiger partial charge is 0.326 e. The monoisotopic (exact) mass is 421 g/mol. The van der Waals surface area contributed by atoms with Gasteiger partial charge in [-0.3, -0.25) is 9.98 Å². The molecule has 0 saturated heterocycles. The van der Waals surface area contributed by atoms with Crippen LogP contribution in [0.25, 0.3) is 11.7 Å². The number of aromatic nitrogens is 5. The molecule has 1 fully saturated rings. The molecule has 0 unspecified atom stereocenters. The largest absolute Gasteiger partial charge is 0.493 e. The highest BCUT2D eigenvalue weighted by molar-refractivity contribution is 5.58. The van der Waals surface area contributed by atoms with Crippen molar-refractivity contribution < 1.29 is 9.50 Å². The van der Waals surface area contributed by atoms with Crippen LogP contribution >= 0.6 is 0 Å². The van der Waals surface area contributed by atoms with Gasteiger partial charge in [0.25, 0.3) is 0 Å². The number of benzene rings is 1. The standard InChI is InChI=1S/C21H20FN7O2/c1-11-6-12(2-5-15(11)22)9-23-17-8-18(25-14-3-4-14)29-19(27-17)13(10-24-29)7-16-20(30)28-21(31)26-16/h2,5-8,10,14,23,30H,3-4,9H2,1H3,(H2,26,28,31)/b13-7-,25-18?. The maximum Gasteiger partial charge on any atom is 0.326 e. The van der Waals surface area contributed by atoms with Crippen LogP contribution < -0.4 is 21.7 Å². The molecule has 0 atom stereocenters. The zero-order valence-electron chi connectivity index (χ0n) is 16.7. The third-order valence-corrected chi connectivity index (χ3v) is 5.07. The summed E-state index contributed by atoms with van der Waals surface area (Å²) < 4.78 is 15.2. The van der Waals surface area contributed by atoms with E-state index in [-0.39, 0.29) is 23.4 Å². The van der Waals surface area contributed by atoms with Crippen molar-refractivity contribution in [3.05, 3.63) is 74.3 Å². The quantitative estimate of drug-likeness (QED) is 0.385. The van der Waals surface area contributed by atoms with Gasteiger partial charge in [-0.15, -0.1) is 0 Å². The number of halogens is 1. The Balaban J connectivity index is 1.57. The van der Waals surface area contributed by atoms with Crippen molar-refractivity contribution in [2.24, 2.45) is 4.99 Å². The average Bonchev–Trinajstić information content (AvgIpc) is 3.37. The molecule has 4 aromatic rings. The summed E-state index contributed by atoms with van der Waals surface area (Å²) in [4.78, 5) is 25.6. The molecule has 1 aliphatic carbocycles. The lowest BCUT2D eigenvalue weighted by Gasteiger charge is -2.08. The summed E-state index contributed by atoms with van der Waals surface area (Å²) in [5.41, 5.74) is 2.44. The normalized spacial score (nSPS) is 15.2. The van der Waals surface area contributed by atoms with Crippen LogP contribution in [0.3, 0.4) is 0 Å². The zero-order chi connectivity index (χ0) is 21.5. The molecule has 3 aromatic heterocycles. The van der Waals surface area contributed by atoms with Crippen molar-refractivity contribution in [1.29, 1.82) is 0 Å². The Labute approximate surface area is 175 Å². The Morgan fingerprint density at radius 2 is 2.19 bits per heavy atom. The number of aromatic amines is 2. The molecule has 10 heteroatoms. The first-order chi connectivity index (χ1) is 15.0. The van der Waals surface area contributed by atoms with Crippen LogP contribution in [0.15, 0.2) is 40.2 Å². The van der Waals surface area contributed by atoms with Crippen LogP contribution in [-0.4, -0.2) is 35.7 Å². The first-order valence-corrected chi connectivity index (χ1v) is 9.91. The predicted molar refractivity (Wildman–Crippen MR) is 112 cm³/mol. The molecule has 0 bridgehead atoms. The van der Waals surface area contributed by atoms with Crippen molar-refractivity contribution in [1.82, 2.24) is 24.6 Å². The molecule has 0 amide bonds. The first-order valence-electron chi connectivity index (χ1n) is 9.91. The number of imidazole rings is 1. The van der Waals surface area contributed by atoms with Gasteiger partial charge in [0, 0.05) is 17.8 Å². The van der Waals surface area contributed by atoms with Gasteiger partial charge in [0.15, 0.2) is 11.1 Å². The fourth-order valence-electron chi connectivity index (χ4n) is 3.30. The topological polar surface area (TPSA) is 123 Å². The predicted octanol–water partition coefficient (Wildman–Crippen LogP) is 1.12. The summed E-state index contributed by atoms with van der Waals surface area (Å²) in [6.07, 6.45) is 5.28. The van der Waals surface area contributed by atoms with Crippen LogP contribution in [0, 0.1) is 12.7 Å². The summed E-state index contributed by atoms with van der Waals surface area (Å²) in [6.45, 7) is 2.19. The minimum atomic E-state index is -0.505. The number of nitrogens with zero attached hydrogens (tertiary/aromatic N) is 4. The van der Waals surface area contributed by atoms with Crippen LogP contribution in [-0.2, 0) is 6.54 Å². The van der Waals surface area contributed by atoms with Crippen molar-refractivity contribution >= 4 is 17.5 Å². The van der Waals surface area contributed by atoms with Crippen LogP contribution in [0.4, 0.5) is 10.2 Å². The molecule has 1 saturated carbocycles. The van der Waals surface area contributed by atoms with E-state index in [2.05, 4.69) is 25.4 Å². The molecule has 4 N–H and O–H groups in total. The average molecular weight is 421 g/mol. The van der Waals surface area contributed by atoms with E-state index in [1.165, 1.54) is 6.07 Å². The van der Waals surface area contributed by atoms with Crippen LogP contribution in [0.2, 0.25) is 0 Å². The Kier molecular flexibility index (Phi) is 4.54. The highest BCUT2D eigenvalue weighted by atomic mass is 19.1. The zero-order valence-corrected chi connectivity index (χ0v) is 16.7. The lowest BCUT2D eigenvalue weighted by Crippen LogP contribution is -2.20. The Morgan fingerprint density at radius 3 is 2.90 bits per heavy atom. The highest BCUT2D eigenvalue weighted by Gasteiger charge is 2.20. The van der Waals surface area contributed by atoms with E-state index in [1.54, 1.807) is 35.8 Å². The van der Waals surface area contributed by atoms with Gasteiger partial charge in [-0.1, -0.05) is 12.1 Å². The van der Waals surface area contributed by atoms with Crippen molar-refractivity contribution in [3.8, 4) is 5.88 Å². The van der Waals surface area contributed by atoms with Gasteiger partial charge in [-0.25, -0.2) is 14.2 Å². The number of anilines is 1. The maximum absolute atomic E-state index is 13.5. The van der Waals surface area contributed by atoms with E-state index < -0.39 is 5.69 Å². The molecule has 1 aliphatic rings. The summed E-state index contributed by atoms with van der Waals surface area (Å²) in [7, 11) is 0. The van der Waals surface area contributed by atoms with Gasteiger partial charge in [0.1, 0.15) is 17.3 Å². The van der Waals surface area contributed by atoms with E-state index >= 15 is 0 Å². The minimum absolute atomic E-state index is 0.237. The number of aromatic hydroxyl groups is 1. The number of fused-ring (bicyclic) bond motifs is 1. The fourth-order valence-corrected chi connectivity index (χ4v) is 3.30. The van der Waals surface area contributed by atoms with Gasteiger partial charge in [0.2, 0.25) is 5.88 Å². The molecule has 9 nitrogen and oxygen atoms in total. The molecule has 0 spiro atoms. The minimum Gasteiger partial charge on any atom is -0.493 e. The lowest BCUT2D eigenvalue weighted by atomic mass is 10.1. The van der Waals surface area contributed by atoms with Gasteiger partial charge in [-0.2, -0.15) is 9.61 Å². The third-order valence-electron chi connectivity index (χ3n) is 5.07. The summed E-state index contributed by atoms with van der Waals surface area (Å²) in [5.74, 6) is 0.100. The van der Waals surface area contributed by atoms with Gasteiger partial charge >= 0.3 is 5.69 Å². The van der Waals surface area contributed by atoms with Crippen molar-refractivity contribution in [2.75, 3.05) is 5.32 Å². The third kappa shape index (κ3) is 3.91. The number of hydrogen-bond donors (Lipinski definition) is 4. The van der Waals surface area contributed by atoms with E-state index in [9.17, 15) is 14.3 Å². The SMILES string of the molecule is Cc1cc(CNc2cc(=NC3CC3)n3nc/c(=C/c4[nH]c(=O)[nH]c4O)c3n2)ccc1F. The van der Waals surface area contributed by atoms with Gasteiger partial charge < -0.3 is 15.4 Å². The Morgan fingerprint density at radius 1 is 1.35 bits per heavy atom. The highest BCUT2D eigenvalue weighted by Crippen LogP contribution is 2.22. The molecular formula is C21H20FN7O2. The molecule has 31 heavy (non-hydrogen) atoms. The van der Waals surface area contributed by atoms with Gasteiger partial charge in [-0.05, 0) is 43.0 Å². The number of H-pyrrole nitrogens is 2. The second-order valence-corrected chi connectivity index (χ2v) is 7.62. The van der Waals surface area contributed by atoms with Crippen molar-refractivity contribution in [3.63, 3.8) is 0 Å². The molecular weight excluding hydrogens is 401 g/mol. The van der Waals surface area contributed by atoms with E-state index in [0.29, 0.717) is 34.3 Å². The summed E-state index contributed by atoms with van der Waals surface area (Å²) in [5, 5.41) is 18.1. The first kappa shape index (κ1) is 19.0. The lowest BCUT2D eigenvalue weighted by molar-refractivity contribution is 0.454. The van der Waals surface area contributed by atoms with E-state index in [4.69, 9.17) is 4.99 Å². The summed E-state index contributed by atoms with van der Waals surface area (Å²) in [6, 6.07) is 7.07.